The molecular formula is C17H24N2O. The number of nitrogens with one attached hydrogen (secondary N) is 1. The Morgan fingerprint density at radius 1 is 1.25 bits per heavy atom. The van der Waals surface area contributed by atoms with Crippen molar-refractivity contribution >= 4 is 16.8 Å². The van der Waals surface area contributed by atoms with Gasteiger partial charge in [-0.05, 0) is 49.4 Å². The second-order valence-corrected chi connectivity index (χ2v) is 6.14. The summed E-state index contributed by atoms with van der Waals surface area (Å²) >= 11 is 0. The molecule has 3 heteroatoms. The van der Waals surface area contributed by atoms with Gasteiger partial charge in [0, 0.05) is 24.5 Å². The topological polar surface area (TPSA) is 36.1 Å². The van der Waals surface area contributed by atoms with Crippen LogP contribution >= 0.6 is 0 Å². The quantitative estimate of drug-likeness (QED) is 0.900. The summed E-state index contributed by atoms with van der Waals surface area (Å²) in [7, 11) is 1.87. The van der Waals surface area contributed by atoms with E-state index in [4.69, 9.17) is 0 Å². The number of carbonyl (C=O) groups is 1. The molecule has 0 aliphatic heterocycles. The van der Waals surface area contributed by atoms with Crippen molar-refractivity contribution < 1.29 is 4.79 Å². The van der Waals surface area contributed by atoms with Gasteiger partial charge in [-0.3, -0.25) is 4.79 Å². The van der Waals surface area contributed by atoms with Gasteiger partial charge in [-0.1, -0.05) is 19.9 Å². The maximum Gasteiger partial charge on any atom is 0.270 e. The average molecular weight is 272 g/mol. The molecule has 1 amide bonds. The number of H-pyrrole nitrogens is 1. The van der Waals surface area contributed by atoms with E-state index < -0.39 is 0 Å². The van der Waals surface area contributed by atoms with E-state index in [-0.39, 0.29) is 5.91 Å². The lowest BCUT2D eigenvalue weighted by atomic mass is 10.1. The summed E-state index contributed by atoms with van der Waals surface area (Å²) in [5.41, 5.74) is 4.15. The molecule has 0 saturated heterocycles. The molecule has 108 valence electrons. The summed E-state index contributed by atoms with van der Waals surface area (Å²) in [5, 5.41) is 1.14. The van der Waals surface area contributed by atoms with Gasteiger partial charge in [0.25, 0.3) is 5.91 Å². The predicted octanol–water partition coefficient (Wildman–Crippen LogP) is 3.90. The van der Waals surface area contributed by atoms with Crippen LogP contribution in [0.5, 0.6) is 0 Å². The van der Waals surface area contributed by atoms with Crippen LogP contribution in [0.25, 0.3) is 10.9 Å². The van der Waals surface area contributed by atoms with Crippen LogP contribution in [0.1, 0.15) is 41.9 Å². The van der Waals surface area contributed by atoms with Crippen molar-refractivity contribution in [3.05, 3.63) is 35.0 Å². The number of aryl methyl sites for hydroxylation is 2. The summed E-state index contributed by atoms with van der Waals surface area (Å²) < 4.78 is 0. The molecule has 1 N–H and O–H groups in total. The lowest BCUT2D eigenvalue weighted by Crippen LogP contribution is -2.28. The van der Waals surface area contributed by atoms with Crippen molar-refractivity contribution in [2.75, 3.05) is 13.6 Å². The molecular weight excluding hydrogens is 248 g/mol. The van der Waals surface area contributed by atoms with E-state index in [2.05, 4.69) is 44.8 Å². The molecule has 0 unspecified atom stereocenters. The third kappa shape index (κ3) is 3.03. The summed E-state index contributed by atoms with van der Waals surface area (Å²) in [6.07, 6.45) is 1.03. The van der Waals surface area contributed by atoms with E-state index in [1.54, 1.807) is 4.90 Å². The van der Waals surface area contributed by atoms with Crippen LogP contribution in [0.2, 0.25) is 0 Å². The summed E-state index contributed by atoms with van der Waals surface area (Å²) in [6, 6.07) is 6.21. The Balaban J connectivity index is 2.24. The molecule has 0 saturated carbocycles. The number of benzene rings is 1. The standard InChI is InChI=1S/C17H24N2O/c1-11(2)6-7-19(5)17(20)16-10-14-13(4)8-12(3)9-15(14)18-16/h8-11,18H,6-7H2,1-5H3. The van der Waals surface area contributed by atoms with E-state index >= 15 is 0 Å². The van der Waals surface area contributed by atoms with Gasteiger partial charge in [-0.25, -0.2) is 0 Å². The van der Waals surface area contributed by atoms with Crippen molar-refractivity contribution in [2.24, 2.45) is 5.92 Å². The van der Waals surface area contributed by atoms with Crippen LogP contribution in [-0.4, -0.2) is 29.4 Å². The first kappa shape index (κ1) is 14.6. The summed E-state index contributed by atoms with van der Waals surface area (Å²) in [6.45, 7) is 9.30. The van der Waals surface area contributed by atoms with Gasteiger partial charge in [-0.15, -0.1) is 0 Å². The lowest BCUT2D eigenvalue weighted by Gasteiger charge is -2.17. The molecule has 1 aromatic carbocycles. The van der Waals surface area contributed by atoms with E-state index in [9.17, 15) is 4.79 Å². The number of carbonyl (C=O) groups excluding carboxylic acids is 1. The number of aromatic nitrogens is 1. The van der Waals surface area contributed by atoms with Crippen LogP contribution in [0, 0.1) is 19.8 Å². The zero-order chi connectivity index (χ0) is 14.9. The Morgan fingerprint density at radius 2 is 1.95 bits per heavy atom. The van der Waals surface area contributed by atoms with Crippen molar-refractivity contribution in [1.29, 1.82) is 0 Å². The third-order valence-electron chi connectivity index (χ3n) is 3.71. The number of rotatable bonds is 4. The van der Waals surface area contributed by atoms with Gasteiger partial charge in [0.05, 0.1) is 0 Å². The molecule has 20 heavy (non-hydrogen) atoms. The number of hydrogen-bond donors (Lipinski definition) is 1. The first-order valence-electron chi connectivity index (χ1n) is 7.24. The third-order valence-corrected chi connectivity index (χ3v) is 3.71. The first-order valence-corrected chi connectivity index (χ1v) is 7.24. The van der Waals surface area contributed by atoms with E-state index in [0.29, 0.717) is 11.6 Å². The fourth-order valence-corrected chi connectivity index (χ4v) is 2.47. The minimum absolute atomic E-state index is 0.0684. The number of fused-ring (bicyclic) bond motifs is 1. The van der Waals surface area contributed by atoms with Gasteiger partial charge in [0.2, 0.25) is 0 Å². The molecule has 0 aliphatic carbocycles. The molecule has 0 aliphatic rings. The fraction of sp³-hybridized carbons (Fsp3) is 0.471. The maximum atomic E-state index is 12.4. The Labute approximate surface area is 121 Å². The monoisotopic (exact) mass is 272 g/mol. The zero-order valence-corrected chi connectivity index (χ0v) is 13.1. The van der Waals surface area contributed by atoms with Crippen molar-refractivity contribution in [3.8, 4) is 0 Å². The molecule has 3 nitrogen and oxygen atoms in total. The van der Waals surface area contributed by atoms with Crippen molar-refractivity contribution in [1.82, 2.24) is 9.88 Å². The number of amides is 1. The summed E-state index contributed by atoms with van der Waals surface area (Å²) in [5.74, 6) is 0.678. The summed E-state index contributed by atoms with van der Waals surface area (Å²) in [4.78, 5) is 17.5. The molecule has 0 radical (unpaired) electrons. The second kappa shape index (κ2) is 5.70. The number of hydrogen-bond acceptors (Lipinski definition) is 1. The van der Waals surface area contributed by atoms with Gasteiger partial charge in [0.15, 0.2) is 0 Å². The zero-order valence-electron chi connectivity index (χ0n) is 13.1. The highest BCUT2D eigenvalue weighted by Gasteiger charge is 2.15. The van der Waals surface area contributed by atoms with Gasteiger partial charge in [-0.2, -0.15) is 0 Å². The van der Waals surface area contributed by atoms with Crippen LogP contribution in [0.4, 0.5) is 0 Å². The van der Waals surface area contributed by atoms with Crippen LogP contribution < -0.4 is 0 Å². The second-order valence-electron chi connectivity index (χ2n) is 6.14. The maximum absolute atomic E-state index is 12.4. The smallest absolute Gasteiger partial charge is 0.270 e. The number of nitrogens with zero attached hydrogens (tertiary/aromatic N) is 1. The largest absolute Gasteiger partial charge is 0.351 e. The van der Waals surface area contributed by atoms with Crippen molar-refractivity contribution in [2.45, 2.75) is 34.1 Å². The molecule has 0 atom stereocenters. The molecule has 1 heterocycles. The number of aromatic amines is 1. The predicted molar refractivity (Wildman–Crippen MR) is 84.2 cm³/mol. The minimum Gasteiger partial charge on any atom is -0.351 e. The van der Waals surface area contributed by atoms with Gasteiger partial charge >= 0.3 is 0 Å². The highest BCUT2D eigenvalue weighted by Crippen LogP contribution is 2.22. The molecule has 2 aromatic rings. The van der Waals surface area contributed by atoms with Gasteiger partial charge < -0.3 is 9.88 Å². The van der Waals surface area contributed by atoms with Crippen LogP contribution in [0.15, 0.2) is 18.2 Å². The molecule has 1 aromatic heterocycles. The Morgan fingerprint density at radius 3 is 2.60 bits per heavy atom. The van der Waals surface area contributed by atoms with E-state index in [1.165, 1.54) is 11.1 Å². The molecule has 0 spiro atoms. The first-order chi connectivity index (χ1) is 9.38. The van der Waals surface area contributed by atoms with Crippen LogP contribution in [-0.2, 0) is 0 Å². The molecule has 0 bridgehead atoms. The van der Waals surface area contributed by atoms with E-state index in [0.717, 1.165) is 23.9 Å². The van der Waals surface area contributed by atoms with Crippen molar-refractivity contribution in [3.63, 3.8) is 0 Å². The molecule has 2 rings (SSSR count). The molecule has 0 fully saturated rings. The van der Waals surface area contributed by atoms with E-state index in [1.807, 2.05) is 13.1 Å². The lowest BCUT2D eigenvalue weighted by molar-refractivity contribution is 0.0784. The minimum atomic E-state index is 0.0684. The normalized spacial score (nSPS) is 11.3. The SMILES string of the molecule is Cc1cc(C)c2cc(C(=O)N(C)CCC(C)C)[nH]c2c1. The fourth-order valence-electron chi connectivity index (χ4n) is 2.47. The highest BCUT2D eigenvalue weighted by molar-refractivity contribution is 5.98. The highest BCUT2D eigenvalue weighted by atomic mass is 16.2. The average Bonchev–Trinajstić information content (AvgIpc) is 2.78. The van der Waals surface area contributed by atoms with Crippen LogP contribution in [0.3, 0.4) is 0 Å². The Hall–Kier alpha value is -1.77. The van der Waals surface area contributed by atoms with Gasteiger partial charge in [0.1, 0.15) is 5.69 Å². The Bertz CT molecular complexity index is 625. The Kier molecular flexibility index (Phi) is 4.17.